The Hall–Kier alpha value is -2.10. The van der Waals surface area contributed by atoms with E-state index in [0.717, 1.165) is 5.56 Å². The molecule has 1 unspecified atom stereocenters. The molecule has 0 aliphatic carbocycles. The van der Waals surface area contributed by atoms with E-state index >= 15 is 0 Å². The monoisotopic (exact) mass is 230 g/mol. The van der Waals surface area contributed by atoms with E-state index < -0.39 is 0 Å². The number of carbonyl (C=O) groups excluding carboxylic acids is 2. The fraction of sp³-hybridized carbons (Fsp3) is 0.231. The third-order valence-corrected chi connectivity index (χ3v) is 2.55. The van der Waals surface area contributed by atoms with E-state index in [1.54, 1.807) is 6.08 Å². The van der Waals surface area contributed by atoms with Crippen LogP contribution in [0.5, 0.6) is 0 Å². The first kappa shape index (κ1) is 11.4. The first-order valence-electron chi connectivity index (χ1n) is 5.54. The van der Waals surface area contributed by atoms with E-state index in [1.165, 1.54) is 0 Å². The number of amides is 2. The molecule has 1 heterocycles. The summed E-state index contributed by atoms with van der Waals surface area (Å²) in [5.41, 5.74) is 1.06. The average molecular weight is 230 g/mol. The highest BCUT2D eigenvalue weighted by Crippen LogP contribution is 2.02. The first-order valence-corrected chi connectivity index (χ1v) is 5.54. The van der Waals surface area contributed by atoms with Gasteiger partial charge in [0, 0.05) is 13.0 Å². The second-order valence-electron chi connectivity index (χ2n) is 3.88. The minimum absolute atomic E-state index is 0.106. The Kier molecular flexibility index (Phi) is 3.55. The maximum Gasteiger partial charge on any atom is 0.244 e. The molecule has 2 N–H and O–H groups in total. The Bertz CT molecular complexity index is 440. The minimum Gasteiger partial charge on any atom is -0.352 e. The van der Waals surface area contributed by atoms with Gasteiger partial charge in [-0.3, -0.25) is 9.59 Å². The van der Waals surface area contributed by atoms with Gasteiger partial charge in [-0.2, -0.15) is 0 Å². The second kappa shape index (κ2) is 5.30. The van der Waals surface area contributed by atoms with E-state index in [0.29, 0.717) is 13.0 Å². The van der Waals surface area contributed by atoms with Crippen molar-refractivity contribution in [3.8, 4) is 0 Å². The Morgan fingerprint density at radius 1 is 1.41 bits per heavy atom. The SMILES string of the molecule is O=C(CC=Cc1ccccc1)NC1CNC1=O. The second-order valence-corrected chi connectivity index (χ2v) is 3.88. The standard InChI is InChI=1S/C13H14N2O2/c16-12(15-11-9-14-13(11)17)8-4-7-10-5-2-1-3-6-10/h1-7,11H,8-9H2,(H,14,17)(H,15,16). The van der Waals surface area contributed by atoms with Crippen molar-refractivity contribution in [3.63, 3.8) is 0 Å². The molecule has 1 aromatic carbocycles. The van der Waals surface area contributed by atoms with Crippen LogP contribution >= 0.6 is 0 Å². The van der Waals surface area contributed by atoms with Gasteiger partial charge in [0.15, 0.2) is 0 Å². The molecule has 1 aliphatic rings. The van der Waals surface area contributed by atoms with E-state index in [4.69, 9.17) is 0 Å². The van der Waals surface area contributed by atoms with Gasteiger partial charge in [0.25, 0.3) is 0 Å². The van der Waals surface area contributed by atoms with E-state index in [-0.39, 0.29) is 17.9 Å². The molecule has 1 atom stereocenters. The molecule has 0 saturated carbocycles. The van der Waals surface area contributed by atoms with Crippen LogP contribution in [0.4, 0.5) is 0 Å². The molecule has 1 aromatic rings. The zero-order valence-electron chi connectivity index (χ0n) is 9.35. The van der Waals surface area contributed by atoms with E-state index in [2.05, 4.69) is 10.6 Å². The Balaban J connectivity index is 1.76. The van der Waals surface area contributed by atoms with Crippen LogP contribution in [-0.4, -0.2) is 24.4 Å². The molecular formula is C13H14N2O2. The first-order chi connectivity index (χ1) is 8.25. The molecule has 2 amide bonds. The minimum atomic E-state index is -0.340. The van der Waals surface area contributed by atoms with Gasteiger partial charge in [-0.25, -0.2) is 0 Å². The lowest BCUT2D eigenvalue weighted by molar-refractivity contribution is -0.133. The third-order valence-electron chi connectivity index (χ3n) is 2.55. The van der Waals surface area contributed by atoms with Gasteiger partial charge in [0.2, 0.25) is 11.8 Å². The summed E-state index contributed by atoms with van der Waals surface area (Å²) in [6, 6.07) is 9.42. The van der Waals surface area contributed by atoms with E-state index in [1.807, 2.05) is 36.4 Å². The molecule has 0 aromatic heterocycles. The number of rotatable bonds is 4. The largest absolute Gasteiger partial charge is 0.352 e. The van der Waals surface area contributed by atoms with Gasteiger partial charge in [0.05, 0.1) is 0 Å². The predicted octanol–water partition coefficient (Wildman–Crippen LogP) is 0.705. The van der Waals surface area contributed by atoms with Crippen molar-refractivity contribution < 1.29 is 9.59 Å². The summed E-state index contributed by atoms with van der Waals surface area (Å²) in [5, 5.41) is 5.22. The van der Waals surface area contributed by atoms with Gasteiger partial charge < -0.3 is 10.6 Å². The maximum absolute atomic E-state index is 11.4. The lowest BCUT2D eigenvalue weighted by Gasteiger charge is -2.26. The average Bonchev–Trinajstić information content (AvgIpc) is 2.35. The van der Waals surface area contributed by atoms with Crippen LogP contribution in [0.15, 0.2) is 36.4 Å². The molecule has 4 nitrogen and oxygen atoms in total. The van der Waals surface area contributed by atoms with Crippen molar-refractivity contribution >= 4 is 17.9 Å². The molecule has 17 heavy (non-hydrogen) atoms. The summed E-state index contributed by atoms with van der Waals surface area (Å²) in [6.07, 6.45) is 3.97. The van der Waals surface area contributed by atoms with Crippen LogP contribution in [0.25, 0.3) is 6.08 Å². The quantitative estimate of drug-likeness (QED) is 0.748. The molecule has 0 radical (unpaired) electrons. The van der Waals surface area contributed by atoms with Crippen LogP contribution in [0, 0.1) is 0 Å². The van der Waals surface area contributed by atoms with Gasteiger partial charge in [0.1, 0.15) is 6.04 Å². The van der Waals surface area contributed by atoms with Crippen LogP contribution in [-0.2, 0) is 9.59 Å². The Morgan fingerprint density at radius 3 is 2.76 bits per heavy atom. The van der Waals surface area contributed by atoms with Crippen LogP contribution in [0.1, 0.15) is 12.0 Å². The van der Waals surface area contributed by atoms with Crippen molar-refractivity contribution in [2.75, 3.05) is 6.54 Å². The summed E-state index contributed by atoms with van der Waals surface area (Å²) in [4.78, 5) is 22.4. The van der Waals surface area contributed by atoms with E-state index in [9.17, 15) is 9.59 Å². The number of β-lactam (4-membered cyclic amide) rings is 1. The maximum atomic E-state index is 11.4. The summed E-state index contributed by atoms with van der Waals surface area (Å²) >= 11 is 0. The zero-order chi connectivity index (χ0) is 12.1. The summed E-state index contributed by atoms with van der Waals surface area (Å²) in [7, 11) is 0. The molecule has 0 bridgehead atoms. The normalized spacial score (nSPS) is 18.6. The highest BCUT2D eigenvalue weighted by Gasteiger charge is 2.28. The fourth-order valence-electron chi connectivity index (χ4n) is 1.52. The molecule has 4 heteroatoms. The highest BCUT2D eigenvalue weighted by molar-refractivity contribution is 5.92. The number of hydrogen-bond donors (Lipinski definition) is 2. The summed E-state index contributed by atoms with van der Waals surface area (Å²) in [6.45, 7) is 0.535. The number of carbonyl (C=O) groups is 2. The van der Waals surface area contributed by atoms with Crippen molar-refractivity contribution in [3.05, 3.63) is 42.0 Å². The number of nitrogens with one attached hydrogen (secondary N) is 2. The highest BCUT2D eigenvalue weighted by atomic mass is 16.2. The lowest BCUT2D eigenvalue weighted by Crippen LogP contribution is -2.61. The van der Waals surface area contributed by atoms with Gasteiger partial charge in [-0.05, 0) is 5.56 Å². The van der Waals surface area contributed by atoms with Gasteiger partial charge >= 0.3 is 0 Å². The third kappa shape index (κ3) is 3.17. The molecule has 0 spiro atoms. The van der Waals surface area contributed by atoms with Crippen molar-refractivity contribution in [1.29, 1.82) is 0 Å². The Labute approximate surface area is 99.7 Å². The topological polar surface area (TPSA) is 58.2 Å². The molecule has 88 valence electrons. The number of benzene rings is 1. The Morgan fingerprint density at radius 2 is 2.18 bits per heavy atom. The predicted molar refractivity (Wildman–Crippen MR) is 65.0 cm³/mol. The van der Waals surface area contributed by atoms with Crippen LogP contribution in [0.3, 0.4) is 0 Å². The smallest absolute Gasteiger partial charge is 0.244 e. The molecular weight excluding hydrogens is 216 g/mol. The zero-order valence-corrected chi connectivity index (χ0v) is 9.35. The van der Waals surface area contributed by atoms with Crippen LogP contribution in [0.2, 0.25) is 0 Å². The van der Waals surface area contributed by atoms with Gasteiger partial charge in [-0.1, -0.05) is 42.5 Å². The summed E-state index contributed by atoms with van der Waals surface area (Å²) in [5.74, 6) is -0.234. The molecule has 1 aliphatic heterocycles. The molecule has 1 saturated heterocycles. The van der Waals surface area contributed by atoms with Crippen LogP contribution < -0.4 is 10.6 Å². The van der Waals surface area contributed by atoms with Crippen molar-refractivity contribution in [2.24, 2.45) is 0 Å². The molecule has 2 rings (SSSR count). The molecule has 1 fully saturated rings. The van der Waals surface area contributed by atoms with Crippen molar-refractivity contribution in [1.82, 2.24) is 10.6 Å². The van der Waals surface area contributed by atoms with Gasteiger partial charge in [-0.15, -0.1) is 0 Å². The fourth-order valence-corrected chi connectivity index (χ4v) is 1.52. The van der Waals surface area contributed by atoms with Crippen molar-refractivity contribution in [2.45, 2.75) is 12.5 Å². The lowest BCUT2D eigenvalue weighted by atomic mass is 10.1. The summed E-state index contributed by atoms with van der Waals surface area (Å²) < 4.78 is 0. The number of hydrogen-bond acceptors (Lipinski definition) is 2.